The van der Waals surface area contributed by atoms with Crippen LogP contribution in [0.4, 0.5) is 13.2 Å². The van der Waals surface area contributed by atoms with Gasteiger partial charge in [0.05, 0.1) is 6.16 Å². The highest BCUT2D eigenvalue weighted by molar-refractivity contribution is 7.95. The summed E-state index contributed by atoms with van der Waals surface area (Å²) in [5.41, 5.74) is 0. The molecule has 0 aromatic heterocycles. The van der Waals surface area contributed by atoms with Gasteiger partial charge in [-0.15, -0.1) is 0 Å². The summed E-state index contributed by atoms with van der Waals surface area (Å²) >= 11 is 0. The minimum Gasteiger partial charge on any atom is -0.542 e. The Labute approximate surface area is 187 Å². The number of carboxylic acid groups (broad SMARTS) is 1. The van der Waals surface area contributed by atoms with E-state index in [0.717, 1.165) is 6.54 Å². The summed E-state index contributed by atoms with van der Waals surface area (Å²) in [7, 11) is 2.68. The molecule has 0 saturated heterocycles. The largest absolute Gasteiger partial charge is 0.542 e. The van der Waals surface area contributed by atoms with Crippen LogP contribution >= 0.6 is 7.26 Å². The number of carbonyl (C=O) groups excluding carboxylic acids is 1. The molecule has 3 aromatic carbocycles. The Morgan fingerprint density at radius 3 is 1.34 bits per heavy atom. The maximum Gasteiger partial charge on any atom is 0.430 e. The first-order chi connectivity index (χ1) is 15.2. The van der Waals surface area contributed by atoms with E-state index in [-0.39, 0.29) is 0 Å². The summed E-state index contributed by atoms with van der Waals surface area (Å²) in [5.74, 6) is -3.01. The first-order valence-corrected chi connectivity index (χ1v) is 12.1. The summed E-state index contributed by atoms with van der Waals surface area (Å²) in [5, 5.41) is 13.2. The van der Waals surface area contributed by atoms with Gasteiger partial charge >= 0.3 is 6.18 Å². The molecule has 3 nitrogen and oxygen atoms in total. The van der Waals surface area contributed by atoms with Gasteiger partial charge < -0.3 is 14.8 Å². The highest BCUT2D eigenvalue weighted by atomic mass is 31.2. The molecule has 0 fully saturated rings. The van der Waals surface area contributed by atoms with Crippen molar-refractivity contribution in [3.8, 4) is 0 Å². The highest BCUT2D eigenvalue weighted by Crippen LogP contribution is 2.55. The summed E-state index contributed by atoms with van der Waals surface area (Å²) in [6.45, 7) is 1.12. The van der Waals surface area contributed by atoms with Crippen molar-refractivity contribution in [2.24, 2.45) is 0 Å². The first-order valence-electron chi connectivity index (χ1n) is 10.2. The number of carboxylic acids is 1. The zero-order valence-electron chi connectivity index (χ0n) is 18.1. The van der Waals surface area contributed by atoms with Crippen LogP contribution < -0.4 is 21.0 Å². The van der Waals surface area contributed by atoms with Crippen LogP contribution in [-0.4, -0.2) is 43.8 Å². The van der Waals surface area contributed by atoms with E-state index in [9.17, 15) is 13.2 Å². The Morgan fingerprint density at radius 1 is 0.781 bits per heavy atom. The normalized spacial score (nSPS) is 11.6. The van der Waals surface area contributed by atoms with Crippen LogP contribution in [0, 0.1) is 0 Å². The fourth-order valence-electron chi connectivity index (χ4n) is 3.51. The lowest BCUT2D eigenvalue weighted by atomic mass is 10.3. The van der Waals surface area contributed by atoms with Gasteiger partial charge in [-0.25, -0.2) is 0 Å². The summed E-state index contributed by atoms with van der Waals surface area (Å²) in [4.78, 5) is 11.1. The molecule has 0 aliphatic carbocycles. The van der Waals surface area contributed by atoms with Crippen LogP contribution in [0.15, 0.2) is 91.0 Å². The smallest absolute Gasteiger partial charge is 0.430 e. The SMILES string of the molecule is CN(C)CCC[P+](c1ccccc1)(c1ccccc1)c1ccccc1.O=C([O-])C(F)(F)F. The number of carbonyl (C=O) groups is 1. The van der Waals surface area contributed by atoms with Gasteiger partial charge in [-0.05, 0) is 56.9 Å². The molecule has 0 amide bonds. The summed E-state index contributed by atoms with van der Waals surface area (Å²) in [6.07, 6.45) is -2.80. The third-order valence-corrected chi connectivity index (χ3v) is 9.45. The average molecular weight is 461 g/mol. The monoisotopic (exact) mass is 461 g/mol. The Hall–Kier alpha value is -2.69. The van der Waals surface area contributed by atoms with Crippen LogP contribution in [-0.2, 0) is 4.79 Å². The van der Waals surface area contributed by atoms with E-state index in [1.54, 1.807) is 0 Å². The predicted octanol–water partition coefficient (Wildman–Crippen LogP) is 3.23. The molecular formula is C25H27F3NO2P. The lowest BCUT2D eigenvalue weighted by molar-refractivity contribution is -0.344. The second-order valence-corrected chi connectivity index (χ2v) is 11.1. The second-order valence-electron chi connectivity index (χ2n) is 7.48. The third kappa shape index (κ3) is 6.91. The topological polar surface area (TPSA) is 43.4 Å². The van der Waals surface area contributed by atoms with Gasteiger partial charge in [0.1, 0.15) is 29.1 Å². The molecule has 3 aromatic rings. The molecule has 3 rings (SSSR count). The van der Waals surface area contributed by atoms with E-state index in [1.807, 2.05) is 0 Å². The number of hydrogen-bond donors (Lipinski definition) is 0. The fraction of sp³-hybridized carbons (Fsp3) is 0.240. The van der Waals surface area contributed by atoms with Crippen molar-refractivity contribution >= 4 is 29.1 Å². The number of rotatable bonds is 7. The average Bonchev–Trinajstić information content (AvgIpc) is 2.78. The number of benzene rings is 3. The molecule has 0 unspecified atom stereocenters. The molecular weight excluding hydrogens is 434 g/mol. The molecule has 0 bridgehead atoms. The lowest BCUT2D eigenvalue weighted by Crippen LogP contribution is -2.37. The van der Waals surface area contributed by atoms with Gasteiger partial charge in [0.2, 0.25) is 0 Å². The molecule has 0 heterocycles. The van der Waals surface area contributed by atoms with Gasteiger partial charge in [-0.2, -0.15) is 13.2 Å². The number of nitrogens with zero attached hydrogens (tertiary/aromatic N) is 1. The molecule has 0 saturated carbocycles. The Kier molecular flexibility index (Phi) is 9.42. The Morgan fingerprint density at radius 2 is 1.09 bits per heavy atom. The van der Waals surface area contributed by atoms with E-state index >= 15 is 0 Å². The number of hydrogen-bond acceptors (Lipinski definition) is 3. The van der Waals surface area contributed by atoms with Crippen LogP contribution in [0.2, 0.25) is 0 Å². The van der Waals surface area contributed by atoms with Crippen LogP contribution in [0.1, 0.15) is 6.42 Å². The zero-order valence-corrected chi connectivity index (χ0v) is 19.0. The van der Waals surface area contributed by atoms with Crippen molar-refractivity contribution < 1.29 is 23.1 Å². The number of aliphatic carboxylic acids is 1. The van der Waals surface area contributed by atoms with Crippen LogP contribution in [0.25, 0.3) is 0 Å². The molecule has 0 aliphatic heterocycles. The predicted molar refractivity (Wildman–Crippen MR) is 124 cm³/mol. The quantitative estimate of drug-likeness (QED) is 0.508. The van der Waals surface area contributed by atoms with E-state index in [2.05, 4.69) is 110 Å². The van der Waals surface area contributed by atoms with Crippen molar-refractivity contribution in [2.75, 3.05) is 26.8 Å². The van der Waals surface area contributed by atoms with Gasteiger partial charge in [0.25, 0.3) is 0 Å². The minimum absolute atomic E-state index is 1.12. The molecule has 0 spiro atoms. The number of alkyl halides is 3. The van der Waals surface area contributed by atoms with E-state index in [1.165, 1.54) is 28.5 Å². The zero-order chi connectivity index (χ0) is 23.6. The summed E-state index contributed by atoms with van der Waals surface area (Å²) < 4.78 is 31.5. The maximum absolute atomic E-state index is 10.5. The van der Waals surface area contributed by atoms with E-state index in [4.69, 9.17) is 9.90 Å². The lowest BCUT2D eigenvalue weighted by Gasteiger charge is -2.28. The van der Waals surface area contributed by atoms with Gasteiger partial charge in [-0.3, -0.25) is 0 Å². The highest BCUT2D eigenvalue weighted by Gasteiger charge is 2.44. The number of halogens is 3. The molecule has 7 heteroatoms. The molecule has 32 heavy (non-hydrogen) atoms. The van der Waals surface area contributed by atoms with Crippen LogP contribution in [0.5, 0.6) is 0 Å². The Balaban J connectivity index is 0.000000451. The molecule has 0 atom stereocenters. The van der Waals surface area contributed by atoms with Crippen molar-refractivity contribution in [1.29, 1.82) is 0 Å². The van der Waals surface area contributed by atoms with Crippen molar-refractivity contribution in [2.45, 2.75) is 12.6 Å². The van der Waals surface area contributed by atoms with Gasteiger partial charge in [-0.1, -0.05) is 54.6 Å². The molecule has 0 radical (unpaired) electrons. The van der Waals surface area contributed by atoms with Crippen LogP contribution in [0.3, 0.4) is 0 Å². The van der Waals surface area contributed by atoms with E-state index in [0.29, 0.717) is 0 Å². The molecule has 0 N–H and O–H groups in total. The van der Waals surface area contributed by atoms with Crippen molar-refractivity contribution in [3.63, 3.8) is 0 Å². The second kappa shape index (κ2) is 11.8. The van der Waals surface area contributed by atoms with Crippen molar-refractivity contribution in [1.82, 2.24) is 4.90 Å². The standard InChI is InChI=1S/C23H27NP.C2HF3O2/c1-24(2)19-12-20-25(21-13-6-3-7-14-21,22-15-8-4-9-16-22)23-17-10-5-11-18-23;3-2(4,5)1(6)7/h3-11,13-18H,12,19-20H2,1-2H3;(H,6,7)/q+1;/p-1. The minimum atomic E-state index is -5.19. The van der Waals surface area contributed by atoms with Crippen molar-refractivity contribution in [3.05, 3.63) is 91.0 Å². The van der Waals surface area contributed by atoms with E-state index < -0.39 is 19.4 Å². The first kappa shape index (κ1) is 25.6. The Bertz CT molecular complexity index is 853. The third-order valence-electron chi connectivity index (χ3n) is 4.92. The van der Waals surface area contributed by atoms with Gasteiger partial charge in [0, 0.05) is 6.54 Å². The fourth-order valence-corrected chi connectivity index (χ4v) is 7.83. The molecule has 170 valence electrons. The van der Waals surface area contributed by atoms with Gasteiger partial charge in [0.15, 0.2) is 0 Å². The summed E-state index contributed by atoms with van der Waals surface area (Å²) in [6, 6.07) is 33.4. The molecule has 0 aliphatic rings. The maximum atomic E-state index is 10.5.